The molecule has 0 radical (unpaired) electrons. The topological polar surface area (TPSA) is 65.4 Å². The van der Waals surface area contributed by atoms with E-state index < -0.39 is 0 Å². The van der Waals surface area contributed by atoms with Crippen molar-refractivity contribution in [3.63, 3.8) is 0 Å². The number of carbonyl (C=O) groups excluding carboxylic acids is 1. The summed E-state index contributed by atoms with van der Waals surface area (Å²) >= 11 is 0. The fraction of sp³-hybridized carbons (Fsp3) is 0.273. The Morgan fingerprint density at radius 2 is 1.86 bits per heavy atom. The smallest absolute Gasteiger partial charge is 0.338 e. The number of carbonyl (C=O) groups is 1. The number of rotatable bonds is 4. The largest absolute Gasteiger partial charge is 0.497 e. The summed E-state index contributed by atoms with van der Waals surface area (Å²) in [7, 11) is 1.64. The van der Waals surface area contributed by atoms with Gasteiger partial charge in [0.25, 0.3) is 0 Å². The minimum absolute atomic E-state index is 0.203. The van der Waals surface area contributed by atoms with E-state index in [-0.39, 0.29) is 18.1 Å². The second-order valence-corrected chi connectivity index (χ2v) is 7.09. The van der Waals surface area contributed by atoms with Crippen molar-refractivity contribution in [1.29, 1.82) is 0 Å². The van der Waals surface area contributed by atoms with Gasteiger partial charge >= 0.3 is 5.97 Å². The lowest BCUT2D eigenvalue weighted by Gasteiger charge is -2.30. The van der Waals surface area contributed by atoms with Gasteiger partial charge in [-0.15, -0.1) is 0 Å². The van der Waals surface area contributed by atoms with E-state index in [1.54, 1.807) is 7.11 Å². The number of imidazole rings is 1. The van der Waals surface area contributed by atoms with Crippen molar-refractivity contribution in [3.8, 4) is 5.75 Å². The Kier molecular flexibility index (Phi) is 4.55. The number of para-hydroxylation sites is 2. The molecule has 6 heteroatoms. The molecule has 144 valence electrons. The molecular formula is C22H23N3O3. The van der Waals surface area contributed by atoms with Gasteiger partial charge in [-0.25, -0.2) is 9.78 Å². The van der Waals surface area contributed by atoms with E-state index >= 15 is 0 Å². The van der Waals surface area contributed by atoms with Crippen molar-refractivity contribution in [2.75, 3.05) is 12.4 Å². The molecule has 0 spiro atoms. The molecule has 2 heterocycles. The van der Waals surface area contributed by atoms with E-state index in [9.17, 15) is 4.79 Å². The minimum atomic E-state index is -0.346. The Morgan fingerprint density at radius 3 is 2.54 bits per heavy atom. The van der Waals surface area contributed by atoms with Crippen LogP contribution in [0.2, 0.25) is 0 Å². The number of benzene rings is 2. The maximum absolute atomic E-state index is 13.0. The number of esters is 1. The van der Waals surface area contributed by atoms with Crippen molar-refractivity contribution in [2.45, 2.75) is 32.9 Å². The highest BCUT2D eigenvalue weighted by Crippen LogP contribution is 2.39. The maximum atomic E-state index is 13.0. The molecule has 3 aromatic rings. The van der Waals surface area contributed by atoms with Crippen molar-refractivity contribution >= 4 is 23.0 Å². The lowest BCUT2D eigenvalue weighted by molar-refractivity contribution is -0.143. The average molecular weight is 377 g/mol. The van der Waals surface area contributed by atoms with E-state index in [2.05, 4.69) is 9.88 Å². The van der Waals surface area contributed by atoms with Crippen LogP contribution in [0.1, 0.15) is 32.4 Å². The normalized spacial score (nSPS) is 16.1. The van der Waals surface area contributed by atoms with Crippen LogP contribution in [0.15, 0.2) is 59.8 Å². The van der Waals surface area contributed by atoms with Gasteiger partial charge < -0.3 is 14.8 Å². The monoisotopic (exact) mass is 377 g/mol. The van der Waals surface area contributed by atoms with Gasteiger partial charge in [0.15, 0.2) is 0 Å². The fourth-order valence-electron chi connectivity index (χ4n) is 3.61. The van der Waals surface area contributed by atoms with E-state index in [1.165, 1.54) is 0 Å². The third kappa shape index (κ3) is 3.01. The number of ether oxygens (including phenoxy) is 2. The van der Waals surface area contributed by atoms with E-state index in [4.69, 9.17) is 14.5 Å². The van der Waals surface area contributed by atoms with Crippen LogP contribution in [0.4, 0.5) is 5.95 Å². The van der Waals surface area contributed by atoms with Gasteiger partial charge in [-0.3, -0.25) is 4.57 Å². The Bertz CT molecular complexity index is 1060. The molecule has 0 saturated carbocycles. The van der Waals surface area contributed by atoms with E-state index in [0.29, 0.717) is 11.5 Å². The SMILES string of the molecule is COc1ccc([C@@H]2C(C(=O)OC(C)C)=C(C)Nc3nc4ccccc4n32)cc1. The summed E-state index contributed by atoms with van der Waals surface area (Å²) in [6, 6.07) is 15.3. The molecule has 1 aliphatic heterocycles. The first-order valence-corrected chi connectivity index (χ1v) is 9.29. The third-order valence-electron chi connectivity index (χ3n) is 4.82. The first-order valence-electron chi connectivity index (χ1n) is 9.29. The molecule has 1 aromatic heterocycles. The lowest BCUT2D eigenvalue weighted by atomic mass is 9.95. The zero-order valence-electron chi connectivity index (χ0n) is 16.4. The number of anilines is 1. The van der Waals surface area contributed by atoms with Crippen molar-refractivity contribution in [2.24, 2.45) is 0 Å². The van der Waals surface area contributed by atoms with Crippen molar-refractivity contribution < 1.29 is 14.3 Å². The maximum Gasteiger partial charge on any atom is 0.338 e. The second kappa shape index (κ2) is 7.03. The quantitative estimate of drug-likeness (QED) is 0.687. The van der Waals surface area contributed by atoms with Gasteiger partial charge in [0.05, 0.1) is 35.9 Å². The Balaban J connectivity index is 1.93. The molecule has 0 unspecified atom stereocenters. The summed E-state index contributed by atoms with van der Waals surface area (Å²) in [5, 5.41) is 3.28. The number of aromatic nitrogens is 2. The summed E-state index contributed by atoms with van der Waals surface area (Å²) in [5.41, 5.74) is 4.11. The zero-order valence-corrected chi connectivity index (χ0v) is 16.4. The first kappa shape index (κ1) is 18.1. The number of nitrogens with one attached hydrogen (secondary N) is 1. The van der Waals surface area contributed by atoms with Gasteiger partial charge in [0, 0.05) is 5.70 Å². The standard InChI is InChI=1S/C22H23N3O3/c1-13(2)28-21(26)19-14(3)23-22-24-17-7-5-6-8-18(17)25(22)20(19)15-9-11-16(27-4)12-10-15/h5-13,20H,1-4H3,(H,23,24)/t20-/m1/s1. The molecule has 0 amide bonds. The number of allylic oxidation sites excluding steroid dienone is 1. The number of fused-ring (bicyclic) bond motifs is 3. The highest BCUT2D eigenvalue weighted by molar-refractivity contribution is 5.94. The van der Waals surface area contributed by atoms with E-state index in [1.807, 2.05) is 69.3 Å². The molecule has 6 nitrogen and oxygen atoms in total. The van der Waals surface area contributed by atoms with Crippen molar-refractivity contribution in [3.05, 3.63) is 65.4 Å². The Morgan fingerprint density at radius 1 is 1.14 bits per heavy atom. The number of methoxy groups -OCH3 is 1. The summed E-state index contributed by atoms with van der Waals surface area (Å²) in [4.78, 5) is 17.7. The number of nitrogens with zero attached hydrogens (tertiary/aromatic N) is 2. The van der Waals surface area contributed by atoms with Gasteiger partial charge in [-0.1, -0.05) is 24.3 Å². The minimum Gasteiger partial charge on any atom is -0.497 e. The van der Waals surface area contributed by atoms with Crippen LogP contribution >= 0.6 is 0 Å². The molecule has 0 saturated heterocycles. The molecule has 0 fully saturated rings. The zero-order chi connectivity index (χ0) is 19.8. The molecule has 4 rings (SSSR count). The van der Waals surface area contributed by atoms with Gasteiger partial charge in [0.2, 0.25) is 5.95 Å². The number of hydrogen-bond donors (Lipinski definition) is 1. The first-order chi connectivity index (χ1) is 13.5. The molecular weight excluding hydrogens is 354 g/mol. The predicted octanol–water partition coefficient (Wildman–Crippen LogP) is 4.29. The van der Waals surface area contributed by atoms with Gasteiger partial charge in [-0.05, 0) is 50.6 Å². The van der Waals surface area contributed by atoms with Crippen LogP contribution in [0.25, 0.3) is 11.0 Å². The summed E-state index contributed by atoms with van der Waals surface area (Å²) in [5.74, 6) is 1.14. The van der Waals surface area contributed by atoms with Crippen LogP contribution in [0.5, 0.6) is 5.75 Å². The summed E-state index contributed by atoms with van der Waals surface area (Å²) in [6.45, 7) is 5.59. The molecule has 0 bridgehead atoms. The van der Waals surface area contributed by atoms with Crippen LogP contribution in [-0.2, 0) is 9.53 Å². The molecule has 2 aromatic carbocycles. The highest BCUT2D eigenvalue weighted by atomic mass is 16.5. The van der Waals surface area contributed by atoms with Gasteiger partial charge in [-0.2, -0.15) is 0 Å². The van der Waals surface area contributed by atoms with Crippen LogP contribution in [-0.4, -0.2) is 28.7 Å². The van der Waals surface area contributed by atoms with Crippen LogP contribution in [0.3, 0.4) is 0 Å². The summed E-state index contributed by atoms with van der Waals surface area (Å²) in [6.07, 6.45) is -0.203. The molecule has 0 aliphatic carbocycles. The molecule has 1 aliphatic rings. The molecule has 28 heavy (non-hydrogen) atoms. The Labute approximate surface area is 163 Å². The highest BCUT2D eigenvalue weighted by Gasteiger charge is 2.35. The number of hydrogen-bond acceptors (Lipinski definition) is 5. The Hall–Kier alpha value is -3.28. The van der Waals surface area contributed by atoms with Crippen LogP contribution < -0.4 is 10.1 Å². The lowest BCUT2D eigenvalue weighted by Crippen LogP contribution is -2.29. The fourth-order valence-corrected chi connectivity index (χ4v) is 3.61. The van der Waals surface area contributed by atoms with E-state index in [0.717, 1.165) is 28.0 Å². The predicted molar refractivity (Wildman–Crippen MR) is 108 cm³/mol. The van der Waals surface area contributed by atoms with Gasteiger partial charge in [0.1, 0.15) is 5.75 Å². The third-order valence-corrected chi connectivity index (χ3v) is 4.82. The second-order valence-electron chi connectivity index (χ2n) is 7.09. The van der Waals surface area contributed by atoms with Crippen LogP contribution in [0, 0.1) is 0 Å². The summed E-state index contributed by atoms with van der Waals surface area (Å²) < 4.78 is 12.9. The molecule has 1 N–H and O–H groups in total. The van der Waals surface area contributed by atoms with Crippen molar-refractivity contribution in [1.82, 2.24) is 9.55 Å². The molecule has 1 atom stereocenters. The average Bonchev–Trinajstić information content (AvgIpc) is 3.04.